The number of carboxylic acids is 2. The van der Waals surface area contributed by atoms with Crippen LogP contribution in [0.2, 0.25) is 0 Å². The summed E-state index contributed by atoms with van der Waals surface area (Å²) >= 11 is 0. The zero-order valence-corrected chi connectivity index (χ0v) is 11.8. The van der Waals surface area contributed by atoms with Gasteiger partial charge in [-0.3, -0.25) is 0 Å². The first kappa shape index (κ1) is 15.4. The molecule has 2 aromatic carbocycles. The predicted molar refractivity (Wildman–Crippen MR) is 77.7 cm³/mol. The monoisotopic (exact) mass is 302 g/mol. The maximum absolute atomic E-state index is 10.9. The zero-order chi connectivity index (χ0) is 16.1. The molecule has 0 heterocycles. The Morgan fingerprint density at radius 2 is 1.64 bits per heavy atom. The number of ether oxygens (including phenoxy) is 2. The first-order chi connectivity index (χ1) is 10.5. The van der Waals surface area contributed by atoms with Crippen LogP contribution in [0.15, 0.2) is 42.5 Å². The lowest BCUT2D eigenvalue weighted by atomic mass is 10.1. The molecule has 114 valence electrons. The molecule has 6 heteroatoms. The molecule has 0 spiro atoms. The maximum Gasteiger partial charge on any atom is 0.335 e. The molecule has 0 unspecified atom stereocenters. The molecule has 22 heavy (non-hydrogen) atoms. The van der Waals surface area contributed by atoms with E-state index in [2.05, 4.69) is 0 Å². The summed E-state index contributed by atoms with van der Waals surface area (Å²) in [5, 5.41) is 17.9. The SMILES string of the molecule is COc1cc(C(=O)O)ccc1OCc1cccc(C(=O)O)c1. The van der Waals surface area contributed by atoms with Crippen molar-refractivity contribution in [2.45, 2.75) is 6.61 Å². The van der Waals surface area contributed by atoms with Crippen molar-refractivity contribution in [1.29, 1.82) is 0 Å². The molecule has 0 atom stereocenters. The first-order valence-corrected chi connectivity index (χ1v) is 6.37. The van der Waals surface area contributed by atoms with E-state index in [1.54, 1.807) is 12.1 Å². The van der Waals surface area contributed by atoms with Crippen LogP contribution in [0.25, 0.3) is 0 Å². The van der Waals surface area contributed by atoms with Crippen LogP contribution in [-0.4, -0.2) is 29.3 Å². The highest BCUT2D eigenvalue weighted by molar-refractivity contribution is 5.88. The van der Waals surface area contributed by atoms with Crippen molar-refractivity contribution in [3.05, 3.63) is 59.2 Å². The minimum Gasteiger partial charge on any atom is -0.493 e. The number of benzene rings is 2. The average Bonchev–Trinajstić information content (AvgIpc) is 2.52. The standard InChI is InChI=1S/C16H14O6/c1-21-14-8-12(16(19)20)5-6-13(14)22-9-10-3-2-4-11(7-10)15(17)18/h2-8H,9H2,1H3,(H,17,18)(H,19,20). The van der Waals surface area contributed by atoms with Gasteiger partial charge in [-0.05, 0) is 35.9 Å². The van der Waals surface area contributed by atoms with Gasteiger partial charge in [-0.25, -0.2) is 9.59 Å². The Morgan fingerprint density at radius 3 is 2.27 bits per heavy atom. The molecule has 0 bridgehead atoms. The van der Waals surface area contributed by atoms with Gasteiger partial charge in [-0.1, -0.05) is 12.1 Å². The van der Waals surface area contributed by atoms with E-state index < -0.39 is 11.9 Å². The normalized spacial score (nSPS) is 10.0. The molecule has 0 fully saturated rings. The van der Waals surface area contributed by atoms with Gasteiger partial charge in [0.2, 0.25) is 0 Å². The van der Waals surface area contributed by atoms with E-state index in [1.807, 2.05) is 0 Å². The van der Waals surface area contributed by atoms with E-state index >= 15 is 0 Å². The molecule has 0 aliphatic carbocycles. The van der Waals surface area contributed by atoms with Crippen molar-refractivity contribution < 1.29 is 29.3 Å². The second-order valence-corrected chi connectivity index (χ2v) is 4.46. The van der Waals surface area contributed by atoms with Crippen molar-refractivity contribution in [3.8, 4) is 11.5 Å². The topological polar surface area (TPSA) is 93.1 Å². The summed E-state index contributed by atoms with van der Waals surface area (Å²) in [7, 11) is 1.42. The minimum atomic E-state index is -1.06. The van der Waals surface area contributed by atoms with Crippen LogP contribution >= 0.6 is 0 Å². The summed E-state index contributed by atoms with van der Waals surface area (Å²) in [6.07, 6.45) is 0. The molecule has 0 saturated heterocycles. The van der Waals surface area contributed by atoms with Crippen LogP contribution in [0, 0.1) is 0 Å². The number of aromatic carboxylic acids is 2. The number of hydrogen-bond donors (Lipinski definition) is 2. The summed E-state index contributed by atoms with van der Waals surface area (Å²) in [6.45, 7) is 0.143. The molecule has 2 N–H and O–H groups in total. The van der Waals surface area contributed by atoms with Crippen LogP contribution in [0.1, 0.15) is 26.3 Å². The van der Waals surface area contributed by atoms with Crippen molar-refractivity contribution in [2.75, 3.05) is 7.11 Å². The third-order valence-electron chi connectivity index (χ3n) is 2.98. The van der Waals surface area contributed by atoms with E-state index in [9.17, 15) is 9.59 Å². The Balaban J connectivity index is 2.16. The Kier molecular flexibility index (Phi) is 4.63. The van der Waals surface area contributed by atoms with Gasteiger partial charge in [0, 0.05) is 0 Å². The Morgan fingerprint density at radius 1 is 0.955 bits per heavy atom. The fraction of sp³-hybridized carbons (Fsp3) is 0.125. The second-order valence-electron chi connectivity index (χ2n) is 4.46. The van der Waals surface area contributed by atoms with E-state index in [1.165, 1.54) is 37.4 Å². The van der Waals surface area contributed by atoms with Gasteiger partial charge in [0.25, 0.3) is 0 Å². The van der Waals surface area contributed by atoms with E-state index in [0.29, 0.717) is 17.1 Å². The van der Waals surface area contributed by atoms with Crippen molar-refractivity contribution >= 4 is 11.9 Å². The molecular weight excluding hydrogens is 288 g/mol. The second kappa shape index (κ2) is 6.62. The smallest absolute Gasteiger partial charge is 0.335 e. The summed E-state index contributed by atoms with van der Waals surface area (Å²) < 4.78 is 10.7. The van der Waals surface area contributed by atoms with Crippen LogP contribution in [0.3, 0.4) is 0 Å². The molecular formula is C16H14O6. The molecule has 0 aromatic heterocycles. The summed E-state index contributed by atoms with van der Waals surface area (Å²) in [4.78, 5) is 21.8. The predicted octanol–water partition coefficient (Wildman–Crippen LogP) is 2.67. The third-order valence-corrected chi connectivity index (χ3v) is 2.98. The molecule has 0 aliphatic rings. The number of carbonyl (C=O) groups is 2. The highest BCUT2D eigenvalue weighted by Crippen LogP contribution is 2.28. The van der Waals surface area contributed by atoms with Crippen LogP contribution < -0.4 is 9.47 Å². The van der Waals surface area contributed by atoms with Crippen LogP contribution in [-0.2, 0) is 6.61 Å². The third kappa shape index (κ3) is 3.54. The lowest BCUT2D eigenvalue weighted by molar-refractivity contribution is 0.0686. The largest absolute Gasteiger partial charge is 0.493 e. The van der Waals surface area contributed by atoms with E-state index in [0.717, 1.165) is 0 Å². The van der Waals surface area contributed by atoms with E-state index in [4.69, 9.17) is 19.7 Å². The summed E-state index contributed by atoms with van der Waals surface area (Å²) in [5.74, 6) is -1.38. The zero-order valence-electron chi connectivity index (χ0n) is 11.8. The molecule has 6 nitrogen and oxygen atoms in total. The van der Waals surface area contributed by atoms with Crippen molar-refractivity contribution in [1.82, 2.24) is 0 Å². The number of rotatable bonds is 6. The summed E-state index contributed by atoms with van der Waals surface area (Å²) in [6, 6.07) is 10.7. The quantitative estimate of drug-likeness (QED) is 0.852. The van der Waals surface area contributed by atoms with Gasteiger partial charge in [-0.15, -0.1) is 0 Å². The molecule has 2 aromatic rings. The molecule has 0 aliphatic heterocycles. The average molecular weight is 302 g/mol. The highest BCUT2D eigenvalue weighted by atomic mass is 16.5. The molecule has 0 saturated carbocycles. The minimum absolute atomic E-state index is 0.0945. The van der Waals surface area contributed by atoms with Gasteiger partial charge >= 0.3 is 11.9 Å². The molecule has 0 amide bonds. The highest BCUT2D eigenvalue weighted by Gasteiger charge is 2.10. The number of hydrogen-bond acceptors (Lipinski definition) is 4. The van der Waals surface area contributed by atoms with Gasteiger partial charge in [0.05, 0.1) is 18.2 Å². The Labute approximate surface area is 126 Å². The molecule has 2 rings (SSSR count). The van der Waals surface area contributed by atoms with Gasteiger partial charge in [-0.2, -0.15) is 0 Å². The number of carboxylic acid groups (broad SMARTS) is 2. The van der Waals surface area contributed by atoms with Crippen LogP contribution in [0.4, 0.5) is 0 Å². The summed E-state index contributed by atoms with van der Waals surface area (Å²) in [5.41, 5.74) is 0.954. The lowest BCUT2D eigenvalue weighted by Gasteiger charge is -2.11. The fourth-order valence-corrected chi connectivity index (χ4v) is 1.88. The Hall–Kier alpha value is -3.02. The lowest BCUT2D eigenvalue weighted by Crippen LogP contribution is -2.02. The molecule has 0 radical (unpaired) electrons. The van der Waals surface area contributed by atoms with Gasteiger partial charge < -0.3 is 19.7 Å². The Bertz CT molecular complexity index is 708. The van der Waals surface area contributed by atoms with Crippen molar-refractivity contribution in [3.63, 3.8) is 0 Å². The van der Waals surface area contributed by atoms with Crippen LogP contribution in [0.5, 0.6) is 11.5 Å². The first-order valence-electron chi connectivity index (χ1n) is 6.37. The fourth-order valence-electron chi connectivity index (χ4n) is 1.88. The maximum atomic E-state index is 10.9. The van der Waals surface area contributed by atoms with Crippen molar-refractivity contribution in [2.24, 2.45) is 0 Å². The van der Waals surface area contributed by atoms with Gasteiger partial charge in [0.15, 0.2) is 11.5 Å². The van der Waals surface area contributed by atoms with E-state index in [-0.39, 0.29) is 17.7 Å². The van der Waals surface area contributed by atoms with Gasteiger partial charge in [0.1, 0.15) is 6.61 Å². The number of methoxy groups -OCH3 is 1.